The van der Waals surface area contributed by atoms with Crippen LogP contribution in [0, 0.1) is 0 Å². The normalized spacial score (nSPS) is 19.7. The molecular weight excluding hydrogens is 242 g/mol. The number of fused-ring (bicyclic) bond motifs is 1. The van der Waals surface area contributed by atoms with Crippen molar-refractivity contribution in [3.63, 3.8) is 0 Å². The molecule has 18 heavy (non-hydrogen) atoms. The maximum Gasteiger partial charge on any atom is 0.210 e. The molecule has 0 unspecified atom stereocenters. The number of nitrogens with zero attached hydrogens (tertiary/aromatic N) is 2. The van der Waals surface area contributed by atoms with Crippen LogP contribution in [-0.2, 0) is 0 Å². The fourth-order valence-electron chi connectivity index (χ4n) is 2.68. The lowest BCUT2D eigenvalue weighted by molar-refractivity contribution is 0.278. The zero-order valence-electron chi connectivity index (χ0n) is 10.7. The second kappa shape index (κ2) is 5.22. The van der Waals surface area contributed by atoms with Crippen LogP contribution in [0.3, 0.4) is 0 Å². The minimum absolute atomic E-state index is 0.649. The van der Waals surface area contributed by atoms with E-state index in [4.69, 9.17) is 0 Å². The van der Waals surface area contributed by atoms with E-state index in [9.17, 15) is 0 Å². The van der Waals surface area contributed by atoms with Crippen LogP contribution in [0.2, 0.25) is 0 Å². The molecule has 1 saturated carbocycles. The van der Waals surface area contributed by atoms with Gasteiger partial charge in [-0.2, -0.15) is 4.40 Å². The van der Waals surface area contributed by atoms with Gasteiger partial charge in [-0.15, -0.1) is 0 Å². The molecule has 0 radical (unpaired) electrons. The highest BCUT2D eigenvalue weighted by molar-refractivity contribution is 7.98. The quantitative estimate of drug-likeness (QED) is 0.780. The van der Waals surface area contributed by atoms with E-state index < -0.39 is 0 Å². The Labute approximate surface area is 113 Å². The molecule has 0 saturated heterocycles. The molecular formula is C14H19N3S. The molecule has 4 heteroatoms. The van der Waals surface area contributed by atoms with Crippen molar-refractivity contribution in [2.45, 2.75) is 43.0 Å². The van der Waals surface area contributed by atoms with Gasteiger partial charge >= 0.3 is 0 Å². The van der Waals surface area contributed by atoms with Crippen LogP contribution in [0.4, 0.5) is 5.69 Å². The van der Waals surface area contributed by atoms with Crippen molar-refractivity contribution in [1.29, 1.82) is 0 Å². The van der Waals surface area contributed by atoms with Crippen molar-refractivity contribution in [2.75, 3.05) is 12.4 Å². The van der Waals surface area contributed by atoms with E-state index >= 15 is 0 Å². The lowest BCUT2D eigenvalue weighted by Crippen LogP contribution is -2.42. The van der Waals surface area contributed by atoms with E-state index in [1.807, 2.05) is 0 Å². The topological polar surface area (TPSA) is 27.6 Å². The van der Waals surface area contributed by atoms with Gasteiger partial charge in [0.25, 0.3) is 0 Å². The lowest BCUT2D eigenvalue weighted by Gasteiger charge is -2.34. The summed E-state index contributed by atoms with van der Waals surface area (Å²) in [5.74, 6) is 1.01. The van der Waals surface area contributed by atoms with Crippen LogP contribution in [0.1, 0.15) is 32.1 Å². The first-order valence-electron chi connectivity index (χ1n) is 6.68. The average Bonchev–Trinajstić information content (AvgIpc) is 2.47. The molecule has 3 nitrogen and oxygen atoms in total. The SMILES string of the molecule is CN(C1=NSc2ccccc2N1)C1CCCCC1. The summed E-state index contributed by atoms with van der Waals surface area (Å²) >= 11 is 1.57. The number of guanidine groups is 1. The molecule has 2 aliphatic rings. The van der Waals surface area contributed by atoms with Crippen LogP contribution >= 0.6 is 11.9 Å². The van der Waals surface area contributed by atoms with Crippen LogP contribution in [0.15, 0.2) is 33.6 Å². The lowest BCUT2D eigenvalue weighted by atomic mass is 9.95. The predicted octanol–water partition coefficient (Wildman–Crippen LogP) is 3.74. The number of para-hydroxylation sites is 1. The molecule has 1 heterocycles. The summed E-state index contributed by atoms with van der Waals surface area (Å²) in [6.45, 7) is 0. The Morgan fingerprint density at radius 1 is 1.22 bits per heavy atom. The minimum atomic E-state index is 0.649. The Hall–Kier alpha value is -1.16. The Morgan fingerprint density at radius 2 is 2.00 bits per heavy atom. The Bertz CT molecular complexity index is 452. The Kier molecular flexibility index (Phi) is 3.46. The molecule has 1 aromatic rings. The van der Waals surface area contributed by atoms with E-state index in [0.717, 1.165) is 5.96 Å². The summed E-state index contributed by atoms with van der Waals surface area (Å²) in [6.07, 6.45) is 6.69. The number of anilines is 1. The van der Waals surface area contributed by atoms with Crippen molar-refractivity contribution >= 4 is 23.6 Å². The molecule has 96 valence electrons. The summed E-state index contributed by atoms with van der Waals surface area (Å²) in [5, 5.41) is 3.45. The molecule has 0 bridgehead atoms. The van der Waals surface area contributed by atoms with Crippen molar-refractivity contribution in [3.8, 4) is 0 Å². The second-order valence-corrected chi connectivity index (χ2v) is 5.84. The van der Waals surface area contributed by atoms with Gasteiger partial charge in [0.15, 0.2) is 0 Å². The average molecular weight is 261 g/mol. The van der Waals surface area contributed by atoms with E-state index in [-0.39, 0.29) is 0 Å². The summed E-state index contributed by atoms with van der Waals surface area (Å²) < 4.78 is 4.59. The number of benzene rings is 1. The minimum Gasteiger partial charge on any atom is -0.342 e. The molecule has 1 fully saturated rings. The van der Waals surface area contributed by atoms with Gasteiger partial charge in [0.05, 0.1) is 10.6 Å². The van der Waals surface area contributed by atoms with E-state index in [2.05, 4.69) is 45.9 Å². The van der Waals surface area contributed by atoms with Crippen molar-refractivity contribution < 1.29 is 0 Å². The van der Waals surface area contributed by atoms with E-state index in [0.29, 0.717) is 6.04 Å². The van der Waals surface area contributed by atoms with Crippen molar-refractivity contribution in [1.82, 2.24) is 4.90 Å². The number of hydrogen-bond acceptors (Lipinski definition) is 4. The predicted molar refractivity (Wildman–Crippen MR) is 78.0 cm³/mol. The third kappa shape index (κ3) is 2.34. The fraction of sp³-hybridized carbons (Fsp3) is 0.500. The maximum atomic E-state index is 4.59. The first-order chi connectivity index (χ1) is 8.84. The van der Waals surface area contributed by atoms with Gasteiger partial charge in [0.2, 0.25) is 5.96 Å². The van der Waals surface area contributed by atoms with Gasteiger partial charge in [-0.05, 0) is 25.0 Å². The third-order valence-corrected chi connectivity index (χ3v) is 4.64. The highest BCUT2D eigenvalue weighted by Crippen LogP contribution is 2.33. The highest BCUT2D eigenvalue weighted by atomic mass is 32.2. The molecule has 0 aromatic heterocycles. The molecule has 0 spiro atoms. The van der Waals surface area contributed by atoms with E-state index in [1.54, 1.807) is 11.9 Å². The first-order valence-corrected chi connectivity index (χ1v) is 7.46. The van der Waals surface area contributed by atoms with Crippen LogP contribution in [0.5, 0.6) is 0 Å². The molecule has 1 N–H and O–H groups in total. The molecule has 3 rings (SSSR count). The van der Waals surface area contributed by atoms with Crippen molar-refractivity contribution in [3.05, 3.63) is 24.3 Å². The van der Waals surface area contributed by atoms with Crippen LogP contribution in [0.25, 0.3) is 0 Å². The van der Waals surface area contributed by atoms with Gasteiger partial charge in [-0.1, -0.05) is 31.4 Å². The molecule has 1 aliphatic heterocycles. The zero-order chi connectivity index (χ0) is 12.4. The second-order valence-electron chi connectivity index (χ2n) is 5.03. The van der Waals surface area contributed by atoms with Gasteiger partial charge < -0.3 is 10.2 Å². The summed E-state index contributed by atoms with van der Waals surface area (Å²) in [5.41, 5.74) is 1.18. The molecule has 0 amide bonds. The highest BCUT2D eigenvalue weighted by Gasteiger charge is 2.23. The van der Waals surface area contributed by atoms with E-state index in [1.165, 1.54) is 42.7 Å². The van der Waals surface area contributed by atoms with Crippen LogP contribution in [-0.4, -0.2) is 23.9 Å². The first kappa shape index (κ1) is 11.9. The Morgan fingerprint density at radius 3 is 2.83 bits per heavy atom. The fourth-order valence-corrected chi connectivity index (χ4v) is 3.40. The van der Waals surface area contributed by atoms with Gasteiger partial charge in [0, 0.05) is 25.0 Å². The monoisotopic (exact) mass is 261 g/mol. The standard InChI is InChI=1S/C14H19N3S/c1-17(11-7-3-2-4-8-11)14-15-12-9-5-6-10-13(12)18-16-14/h5-6,9-11H,2-4,7-8H2,1H3,(H,15,16). The van der Waals surface area contributed by atoms with Gasteiger partial charge in [0.1, 0.15) is 0 Å². The summed E-state index contributed by atoms with van der Waals surface area (Å²) in [4.78, 5) is 3.53. The zero-order valence-corrected chi connectivity index (χ0v) is 11.5. The molecule has 1 aromatic carbocycles. The number of hydrogen-bond donors (Lipinski definition) is 1. The van der Waals surface area contributed by atoms with Crippen LogP contribution < -0.4 is 5.32 Å². The molecule has 1 aliphatic carbocycles. The Balaban J connectivity index is 1.72. The summed E-state index contributed by atoms with van der Waals surface area (Å²) in [6, 6.07) is 8.99. The van der Waals surface area contributed by atoms with Gasteiger partial charge in [-0.25, -0.2) is 0 Å². The third-order valence-electron chi connectivity index (χ3n) is 3.82. The summed E-state index contributed by atoms with van der Waals surface area (Å²) in [7, 11) is 2.16. The molecule has 0 atom stereocenters. The van der Waals surface area contributed by atoms with Crippen molar-refractivity contribution in [2.24, 2.45) is 4.40 Å². The largest absolute Gasteiger partial charge is 0.342 e. The van der Waals surface area contributed by atoms with Gasteiger partial charge in [-0.3, -0.25) is 0 Å². The maximum absolute atomic E-state index is 4.59. The number of rotatable bonds is 1. The smallest absolute Gasteiger partial charge is 0.210 e. The number of nitrogens with one attached hydrogen (secondary N) is 1.